The number of hydroxylamine groups is 2. The fourth-order valence-corrected chi connectivity index (χ4v) is 13.2. The number of amides is 8. The number of fused-ring (bicyclic) bond motifs is 20. The molecular weight excluding hydrogens is 1940 g/mol. The van der Waals surface area contributed by atoms with Crippen molar-refractivity contribution in [1.82, 2.24) is 81.5 Å². The van der Waals surface area contributed by atoms with Crippen LogP contribution in [-0.4, -0.2) is 242 Å². The van der Waals surface area contributed by atoms with Crippen LogP contribution >= 0.6 is 0 Å². The number of hydrogen-bond acceptors (Lipinski definition) is 36. The number of nitrogens with zero attached hydrogens (tertiary/aromatic N) is 13. The number of nitrogens with one attached hydrogen (secondary N) is 5. The summed E-state index contributed by atoms with van der Waals surface area (Å²) in [7, 11) is 2.90. The number of ketones is 1. The van der Waals surface area contributed by atoms with Crippen LogP contribution in [0.2, 0.25) is 0 Å². The van der Waals surface area contributed by atoms with E-state index in [0.717, 1.165) is 11.3 Å². The van der Waals surface area contributed by atoms with Gasteiger partial charge in [0.25, 0.3) is 47.8 Å². The molecule has 0 aliphatic carbocycles. The number of benzene rings is 5. The molecule has 8 amide bonds. The van der Waals surface area contributed by atoms with Crippen LogP contribution in [0.25, 0.3) is 56.9 Å². The van der Waals surface area contributed by atoms with Crippen LogP contribution in [0.5, 0.6) is 29.4 Å². The summed E-state index contributed by atoms with van der Waals surface area (Å²) in [5.74, 6) is -1.30. The average molecular weight is 2050 g/mol. The molecule has 0 saturated heterocycles. The molecule has 5 aromatic heterocycles. The Kier molecular flexibility index (Phi) is 53.8. The smallest absolute Gasteiger partial charge is 1.00 e. The van der Waals surface area contributed by atoms with Gasteiger partial charge in [0.15, 0.2) is 41.3 Å². The maximum atomic E-state index is 13.0. The Morgan fingerprint density at radius 2 is 0.719 bits per heavy atom. The van der Waals surface area contributed by atoms with E-state index in [0.29, 0.717) is 193 Å². The van der Waals surface area contributed by atoms with Gasteiger partial charge in [0.2, 0.25) is 41.1 Å². The Bertz CT molecular complexity index is 6290. The van der Waals surface area contributed by atoms with E-state index in [4.69, 9.17) is 76.2 Å². The summed E-state index contributed by atoms with van der Waals surface area (Å²) in [6.45, 7) is 4.84. The van der Waals surface area contributed by atoms with Gasteiger partial charge in [-0.25, -0.2) is 30.0 Å². The van der Waals surface area contributed by atoms with Crippen LogP contribution in [0.3, 0.4) is 0 Å². The van der Waals surface area contributed by atoms with Crippen LogP contribution in [0.1, 0.15) is 131 Å². The molecule has 7 atom stereocenters. The van der Waals surface area contributed by atoms with Gasteiger partial charge in [0.1, 0.15) is 24.0 Å². The maximum Gasteiger partial charge on any atom is 1.00 e. The van der Waals surface area contributed by atoms with Crippen molar-refractivity contribution in [2.75, 3.05) is 47.2 Å². The van der Waals surface area contributed by atoms with Gasteiger partial charge in [0.05, 0.1) is 98.2 Å². The second-order valence-electron chi connectivity index (χ2n) is 31.0. The van der Waals surface area contributed by atoms with Crippen molar-refractivity contribution in [1.29, 1.82) is 10.5 Å². The summed E-state index contributed by atoms with van der Waals surface area (Å²) in [4.78, 5) is 182. The number of hydrogen-bond donors (Lipinski definition) is 12. The van der Waals surface area contributed by atoms with E-state index in [1.807, 2.05) is 48.6 Å². The Balaban J connectivity index is 0.000000312. The van der Waals surface area contributed by atoms with Gasteiger partial charge in [-0.1, -0.05) is 152 Å². The minimum absolute atomic E-state index is 0. The summed E-state index contributed by atoms with van der Waals surface area (Å²) in [5.41, 5.74) is 13.6. The molecule has 10 aromatic rings. The molecule has 5 aliphatic rings. The van der Waals surface area contributed by atoms with Gasteiger partial charge >= 0.3 is 103 Å². The SMILES string of the molecule is CC(C)(O)C#N.CON(C)C(=O)[C@@H]1C/C=C\CCOc2ccnc(n2)-c2ccccc2C(=O)N1.N#CC(O)[C@@H]1C/C=C\CCOc2ccnc(n2)-c2ccccc2C(=O)N1.NC(=O)C(=O)[C@@H]1C/C=C\CCOc2ccnc(n2)-c2ccccc2C(=O)N1.NC(=O)C(O)[C@@H]1C/C=C\CCOc2ccnc(n2)-c2ccccc2C(=O)N1.O=CO[O-].O=C[C@@H]1C/C=C\CCOc2ccnc(n2)-c2ccccc2C(=O)N1.OO.[H-].[K+].[K+]. The quantitative estimate of drug-likeness (QED) is 0.0180. The minimum atomic E-state index is -1.51. The normalized spacial score (nSPS) is 17.7. The van der Waals surface area contributed by atoms with Crippen molar-refractivity contribution >= 4 is 65.8 Å². The monoisotopic (exact) mass is 2050 g/mol. The van der Waals surface area contributed by atoms with E-state index in [1.165, 1.54) is 28.0 Å². The summed E-state index contributed by atoms with van der Waals surface area (Å²) < 4.78 is 28.1. The fourth-order valence-electron chi connectivity index (χ4n) is 13.2. The number of primary amides is 2. The van der Waals surface area contributed by atoms with E-state index in [1.54, 1.807) is 207 Å². The van der Waals surface area contributed by atoms with Crippen LogP contribution < -0.4 is 170 Å². The van der Waals surface area contributed by atoms with Gasteiger partial charge in [-0.2, -0.15) is 35.4 Å². The molecule has 0 radical (unpaired) electrons. The number of rotatable bonds is 9. The Morgan fingerprint density at radius 1 is 0.452 bits per heavy atom. The van der Waals surface area contributed by atoms with Gasteiger partial charge in [-0.15, -0.1) is 0 Å². The van der Waals surface area contributed by atoms with E-state index >= 15 is 0 Å². The number of likely N-dealkylation sites (N-methyl/N-ethyl adjacent to an activating group) is 1. The van der Waals surface area contributed by atoms with Crippen LogP contribution in [0.4, 0.5) is 0 Å². The summed E-state index contributed by atoms with van der Waals surface area (Å²) in [5, 5.41) is 80.4. The molecule has 44 nitrogen and oxygen atoms in total. The summed E-state index contributed by atoms with van der Waals surface area (Å²) >= 11 is 0. The predicted octanol–water partition coefficient (Wildman–Crippen LogP) is 0.711. The second-order valence-corrected chi connectivity index (χ2v) is 31.0. The minimum Gasteiger partial charge on any atom is -1.00 e. The number of carbonyl (C=O) groups excluding carboxylic acids is 11. The molecule has 752 valence electrons. The topological polar surface area (TPSA) is 668 Å². The van der Waals surface area contributed by atoms with Crippen LogP contribution in [-0.2, 0) is 38.5 Å². The third-order valence-corrected chi connectivity index (χ3v) is 20.3. The first kappa shape index (κ1) is 120. The number of aliphatic hydroxyl groups excluding tert-OH is 2. The zero-order valence-corrected chi connectivity index (χ0v) is 86.6. The van der Waals surface area contributed by atoms with E-state index in [-0.39, 0.29) is 147 Å². The number of aromatic nitrogens is 10. The molecule has 0 saturated carbocycles. The molecule has 14 N–H and O–H groups in total. The van der Waals surface area contributed by atoms with Gasteiger partial charge in [-0.3, -0.25) is 63.3 Å². The Labute approximate surface area is 924 Å². The molecule has 0 spiro atoms. The molecule has 10 heterocycles. The van der Waals surface area contributed by atoms with Crippen molar-refractivity contribution in [3.05, 3.63) is 271 Å². The maximum absolute atomic E-state index is 13.0. The Hall–Kier alpha value is -14.3. The summed E-state index contributed by atoms with van der Waals surface area (Å²) in [6, 6.07) is 42.3. The predicted molar refractivity (Wildman–Crippen MR) is 515 cm³/mol. The number of nitriles is 2. The zero-order chi connectivity index (χ0) is 104. The molecule has 10 bridgehead atoms. The largest absolute Gasteiger partial charge is 1.00 e. The van der Waals surface area contributed by atoms with Crippen molar-refractivity contribution in [2.45, 2.75) is 126 Å². The third-order valence-electron chi connectivity index (χ3n) is 20.3. The number of aldehydes is 1. The Morgan fingerprint density at radius 3 is 1.00 bits per heavy atom. The zero-order valence-electron chi connectivity index (χ0n) is 81.4. The summed E-state index contributed by atoms with van der Waals surface area (Å²) in [6.07, 6.45) is 28.8. The van der Waals surface area contributed by atoms with Crippen molar-refractivity contribution in [3.8, 4) is 98.5 Å². The van der Waals surface area contributed by atoms with Gasteiger partial charge in [0, 0.05) is 96.2 Å². The van der Waals surface area contributed by atoms with E-state index < -0.39 is 83.3 Å². The number of nitrogens with two attached hydrogens (primary N) is 2. The van der Waals surface area contributed by atoms with E-state index in [2.05, 4.69) is 81.3 Å². The molecular formula is C100H106K2N20O24. The number of Topliss-reactive ketones (excluding diaryl/α,β-unsaturated/α-hetero) is 1. The third kappa shape index (κ3) is 39.4. The first-order valence-electron chi connectivity index (χ1n) is 44.4. The van der Waals surface area contributed by atoms with Crippen molar-refractivity contribution < 1.29 is 221 Å². The fraction of sp³-hybridized carbons (Fsp3) is 0.270. The number of aliphatic hydroxyl groups is 3. The van der Waals surface area contributed by atoms with Crippen LogP contribution in [0.15, 0.2) is 243 Å². The van der Waals surface area contributed by atoms with Crippen LogP contribution in [0, 0.1) is 22.7 Å². The molecule has 5 aliphatic heterocycles. The van der Waals surface area contributed by atoms with Crippen molar-refractivity contribution in [2.24, 2.45) is 11.5 Å². The first-order valence-corrected chi connectivity index (χ1v) is 44.4. The molecule has 0 fully saturated rings. The number of ether oxygens (including phenoxy) is 5. The van der Waals surface area contributed by atoms with Crippen molar-refractivity contribution in [3.63, 3.8) is 0 Å². The van der Waals surface area contributed by atoms with Gasteiger partial charge < -0.3 is 93.4 Å². The van der Waals surface area contributed by atoms with Gasteiger partial charge in [-0.05, 0) is 108 Å². The average Bonchev–Trinajstić information content (AvgIpc) is 0.829. The molecule has 15 rings (SSSR count). The molecule has 5 aromatic carbocycles. The molecule has 46 heteroatoms. The van der Waals surface area contributed by atoms with E-state index in [9.17, 15) is 58.2 Å². The second kappa shape index (κ2) is 65.2. The standard InChI is InChI=1S/C20H22N4O4.C19H20N4O4.C19H18N4O4.C19H18N4O3.C18H17N3O3.C4H7NO.CH2O3.2K.H2O2.H/c1-24(27-2)20(26)16-10-4-3-7-13-28-17-11-12-21-18(23-17)14-8-5-6-9-15(14)19(25)22-16;2*20-17(25)16(24)14-8-2-1-5-11-27-15-9-10-21-18(23-15)12-6-3-4-7-13(12)19(26)22-14;20-12-16(24)15-8-2-1-5-11-26-17-9-10-21-18(23-17)13-6-3-4-7-14(13)19(25)22-15;22-12-13-6-2-1-5-11-24-16-9-10-19-17(21-16)14-7-3-4-8-15(14)18(23)20-13;1-4(2,6)3-5;2-1-4-3;;;1-2;/h3-6,8-9,11-12,16H,7,10,13H2,1-2H3,(H,22,25);1-4,6-7,9-10,14,16,24H,5,8,11H2,(H2,20,25)(H,22,26);1-4,6-7,9-10,14H,5,8,11H2,(H2,20,25)(H,22,26);1-4,6-7,9-10,15-16,24H,5,8,11H2,(H,22,25);1-4,7-10,12-13H,5-6,11H2,(H,20,23);6H,1-2H3;1,3H;;;1-2H;/q;;;;;;;2*+1;;-1/p-1/b4-3-;4*2-1-;;;;;;/t16-;14-,16?;14-;15-,16?;13-;;;;;;/m00000....../s1. The molecule has 146 heavy (non-hydrogen) atoms. The molecule has 2 unspecified atom stereocenters. The first-order chi connectivity index (χ1) is 69.6. The number of carbonyl (C=O) groups is 11.